The smallest absolute Gasteiger partial charge is 0.245 e. The highest BCUT2D eigenvalue weighted by molar-refractivity contribution is 6.04. The van der Waals surface area contributed by atoms with E-state index in [2.05, 4.69) is 39.2 Å². The van der Waals surface area contributed by atoms with Crippen LogP contribution in [0.4, 0.5) is 11.5 Å². The Morgan fingerprint density at radius 1 is 1.00 bits per heavy atom. The van der Waals surface area contributed by atoms with Crippen LogP contribution in [0, 0.1) is 0 Å². The lowest BCUT2D eigenvalue weighted by Crippen LogP contribution is -2.18. The van der Waals surface area contributed by atoms with Gasteiger partial charge in [-0.15, -0.1) is 0 Å². The van der Waals surface area contributed by atoms with E-state index >= 15 is 0 Å². The fraction of sp³-hybridized carbons (Fsp3) is 0.389. The van der Waals surface area contributed by atoms with Gasteiger partial charge in [0, 0.05) is 0 Å². The average Bonchev–Trinajstić information content (AvgIpc) is 2.63. The van der Waals surface area contributed by atoms with Crippen molar-refractivity contribution in [1.29, 1.82) is 0 Å². The summed E-state index contributed by atoms with van der Waals surface area (Å²) in [6, 6.07) is 8.73. The summed E-state index contributed by atoms with van der Waals surface area (Å²) in [4.78, 5) is 12.6. The summed E-state index contributed by atoms with van der Waals surface area (Å²) in [5.41, 5.74) is 9.77. The summed E-state index contributed by atoms with van der Waals surface area (Å²) in [7, 11) is 0. The molecular formula is C18H20N4O. The monoisotopic (exact) mass is 308 g/mol. The molecule has 5 heteroatoms. The second-order valence-electron chi connectivity index (χ2n) is 6.22. The zero-order chi connectivity index (χ0) is 15.6. The highest BCUT2D eigenvalue weighted by Crippen LogP contribution is 2.34. The number of aromatic nitrogens is 2. The second-order valence-corrected chi connectivity index (χ2v) is 6.22. The van der Waals surface area contributed by atoms with Crippen LogP contribution in [0.15, 0.2) is 35.6 Å². The Labute approximate surface area is 135 Å². The first kappa shape index (κ1) is 14.2. The standard InChI is InChI=1S/C18H20N4O/c19-17-16-18(21-11-20-17)23-10-15(22-16)14-8-6-13(7-9-14)12-4-2-1-3-5-12/h6-9,11-12H,1-5,10H2,(H2,19,20,21). The number of ether oxygens (including phenoxy) is 1. The van der Waals surface area contributed by atoms with Crippen LogP contribution in [-0.4, -0.2) is 22.3 Å². The van der Waals surface area contributed by atoms with E-state index < -0.39 is 0 Å². The van der Waals surface area contributed by atoms with Crippen LogP contribution in [0.25, 0.3) is 0 Å². The van der Waals surface area contributed by atoms with Crippen molar-refractivity contribution in [2.24, 2.45) is 4.99 Å². The van der Waals surface area contributed by atoms with Crippen molar-refractivity contribution >= 4 is 17.2 Å². The number of aliphatic imine (C=N–C) groups is 1. The Morgan fingerprint density at radius 2 is 1.78 bits per heavy atom. The van der Waals surface area contributed by atoms with Gasteiger partial charge in [-0.2, -0.15) is 4.98 Å². The van der Waals surface area contributed by atoms with Gasteiger partial charge in [-0.1, -0.05) is 43.5 Å². The van der Waals surface area contributed by atoms with Gasteiger partial charge in [0.2, 0.25) is 5.88 Å². The van der Waals surface area contributed by atoms with Crippen LogP contribution in [0.5, 0.6) is 5.88 Å². The molecule has 118 valence electrons. The zero-order valence-electron chi connectivity index (χ0n) is 13.0. The number of anilines is 1. The van der Waals surface area contributed by atoms with E-state index in [0.717, 1.165) is 11.3 Å². The first-order chi connectivity index (χ1) is 11.3. The van der Waals surface area contributed by atoms with Crippen LogP contribution >= 0.6 is 0 Å². The largest absolute Gasteiger partial charge is 0.469 e. The Morgan fingerprint density at radius 3 is 2.57 bits per heavy atom. The van der Waals surface area contributed by atoms with Gasteiger partial charge < -0.3 is 10.5 Å². The third kappa shape index (κ3) is 2.79. The summed E-state index contributed by atoms with van der Waals surface area (Å²) in [6.07, 6.45) is 8.10. The Kier molecular flexibility index (Phi) is 3.69. The molecule has 0 amide bonds. The molecule has 1 aromatic heterocycles. The van der Waals surface area contributed by atoms with E-state index in [1.54, 1.807) is 0 Å². The first-order valence-electron chi connectivity index (χ1n) is 8.22. The van der Waals surface area contributed by atoms with Crippen molar-refractivity contribution in [2.45, 2.75) is 38.0 Å². The van der Waals surface area contributed by atoms with Gasteiger partial charge in [-0.25, -0.2) is 9.98 Å². The SMILES string of the molecule is Nc1ncnc2c1N=C(c1ccc(C3CCCCC3)cc1)CO2. The van der Waals surface area contributed by atoms with Gasteiger partial charge in [0.25, 0.3) is 0 Å². The lowest BCUT2D eigenvalue weighted by atomic mass is 9.84. The molecule has 5 nitrogen and oxygen atoms in total. The molecule has 1 aliphatic heterocycles. The normalized spacial score (nSPS) is 18.0. The van der Waals surface area contributed by atoms with Crippen molar-refractivity contribution in [3.8, 4) is 5.88 Å². The molecule has 0 bridgehead atoms. The first-order valence-corrected chi connectivity index (χ1v) is 8.22. The Bertz CT molecular complexity index is 733. The fourth-order valence-corrected chi connectivity index (χ4v) is 3.42. The second kappa shape index (κ2) is 5.99. The van der Waals surface area contributed by atoms with Gasteiger partial charge in [-0.3, -0.25) is 0 Å². The fourth-order valence-electron chi connectivity index (χ4n) is 3.42. The zero-order valence-corrected chi connectivity index (χ0v) is 13.0. The third-order valence-corrected chi connectivity index (χ3v) is 4.73. The van der Waals surface area contributed by atoms with Crippen LogP contribution in [0.3, 0.4) is 0 Å². The number of hydrogen-bond donors (Lipinski definition) is 1. The van der Waals surface area contributed by atoms with E-state index in [0.29, 0.717) is 29.9 Å². The number of nitrogens with two attached hydrogens (primary N) is 1. The molecule has 2 heterocycles. The molecule has 2 N–H and O–H groups in total. The van der Waals surface area contributed by atoms with Gasteiger partial charge in [-0.05, 0) is 29.9 Å². The molecule has 23 heavy (non-hydrogen) atoms. The number of rotatable bonds is 2. The van der Waals surface area contributed by atoms with Crippen LogP contribution in [-0.2, 0) is 0 Å². The molecule has 0 radical (unpaired) electrons. The van der Waals surface area contributed by atoms with Crippen molar-refractivity contribution in [3.63, 3.8) is 0 Å². The van der Waals surface area contributed by atoms with E-state index in [4.69, 9.17) is 10.5 Å². The minimum absolute atomic E-state index is 0.353. The number of fused-ring (bicyclic) bond motifs is 1. The topological polar surface area (TPSA) is 73.4 Å². The number of nitrogens with zero attached hydrogens (tertiary/aromatic N) is 3. The Balaban J connectivity index is 1.60. The van der Waals surface area contributed by atoms with E-state index in [-0.39, 0.29) is 0 Å². The van der Waals surface area contributed by atoms with E-state index in [9.17, 15) is 0 Å². The number of hydrogen-bond acceptors (Lipinski definition) is 5. The summed E-state index contributed by atoms with van der Waals surface area (Å²) in [5, 5.41) is 0. The van der Waals surface area contributed by atoms with Gasteiger partial charge in [0.1, 0.15) is 12.9 Å². The van der Waals surface area contributed by atoms with Crippen molar-refractivity contribution < 1.29 is 4.74 Å². The van der Waals surface area contributed by atoms with Gasteiger partial charge >= 0.3 is 0 Å². The molecule has 2 aromatic rings. The third-order valence-electron chi connectivity index (χ3n) is 4.73. The molecule has 0 saturated heterocycles. The van der Waals surface area contributed by atoms with Gasteiger partial charge in [0.05, 0.1) is 5.71 Å². The predicted octanol–water partition coefficient (Wildman–Crippen LogP) is 3.62. The maximum Gasteiger partial charge on any atom is 0.245 e. The molecular weight excluding hydrogens is 288 g/mol. The number of nitrogen functional groups attached to an aromatic ring is 1. The lowest BCUT2D eigenvalue weighted by molar-refractivity contribution is 0.357. The van der Waals surface area contributed by atoms with Crippen LogP contribution in [0.1, 0.15) is 49.1 Å². The van der Waals surface area contributed by atoms with Crippen LogP contribution in [0.2, 0.25) is 0 Å². The van der Waals surface area contributed by atoms with Crippen molar-refractivity contribution in [2.75, 3.05) is 12.3 Å². The molecule has 0 unspecified atom stereocenters. The molecule has 0 spiro atoms. The summed E-state index contributed by atoms with van der Waals surface area (Å²) in [5.74, 6) is 1.53. The average molecular weight is 308 g/mol. The highest BCUT2D eigenvalue weighted by Gasteiger charge is 2.19. The van der Waals surface area contributed by atoms with E-state index in [1.165, 1.54) is 44.0 Å². The quantitative estimate of drug-likeness (QED) is 0.919. The highest BCUT2D eigenvalue weighted by atomic mass is 16.5. The maximum atomic E-state index is 5.87. The van der Waals surface area contributed by atoms with E-state index in [1.807, 2.05) is 0 Å². The molecule has 1 saturated carbocycles. The van der Waals surface area contributed by atoms with Crippen molar-refractivity contribution in [1.82, 2.24) is 9.97 Å². The predicted molar refractivity (Wildman–Crippen MR) is 90.4 cm³/mol. The number of benzene rings is 1. The maximum absolute atomic E-state index is 5.87. The molecule has 1 fully saturated rings. The van der Waals surface area contributed by atoms with Crippen LogP contribution < -0.4 is 10.5 Å². The van der Waals surface area contributed by atoms with Gasteiger partial charge in [0.15, 0.2) is 11.5 Å². The molecule has 0 atom stereocenters. The minimum atomic E-state index is 0.353. The minimum Gasteiger partial charge on any atom is -0.469 e. The molecule has 1 aromatic carbocycles. The molecule has 2 aliphatic rings. The summed E-state index contributed by atoms with van der Waals surface area (Å²) in [6.45, 7) is 0.409. The lowest BCUT2D eigenvalue weighted by Gasteiger charge is -2.22. The summed E-state index contributed by atoms with van der Waals surface area (Å²) < 4.78 is 5.66. The molecule has 1 aliphatic carbocycles. The summed E-state index contributed by atoms with van der Waals surface area (Å²) >= 11 is 0. The molecule has 4 rings (SSSR count). The van der Waals surface area contributed by atoms with Crippen molar-refractivity contribution in [3.05, 3.63) is 41.7 Å². The Hall–Kier alpha value is -2.43.